The first-order valence-electron chi connectivity index (χ1n) is 5.90. The van der Waals surface area contributed by atoms with Crippen molar-refractivity contribution >= 4 is 0 Å². The summed E-state index contributed by atoms with van der Waals surface area (Å²) < 4.78 is 38.8. The summed E-state index contributed by atoms with van der Waals surface area (Å²) in [6, 6.07) is 4.41. The molecule has 1 N–H and O–H groups in total. The van der Waals surface area contributed by atoms with Gasteiger partial charge in [0.05, 0.1) is 19.8 Å². The molecular weight excluding hydrogens is 240 g/mol. The Kier molecular flexibility index (Phi) is 3.71. The molecule has 1 saturated heterocycles. The molecule has 1 aliphatic heterocycles. The third kappa shape index (κ3) is 2.27. The standard InChI is InChI=1S/C13H17F2NO2/c1-17-10-3-4-11(12(7-10)18-2)13(14,15)9-5-6-16-8-9/h3-4,7,9,16H,5-6,8H2,1-2H3. The number of nitrogens with one attached hydrogen (secondary N) is 1. The van der Waals surface area contributed by atoms with E-state index < -0.39 is 11.8 Å². The minimum Gasteiger partial charge on any atom is -0.497 e. The van der Waals surface area contributed by atoms with Gasteiger partial charge in [-0.2, -0.15) is 0 Å². The molecular formula is C13H17F2NO2. The maximum Gasteiger partial charge on any atom is 0.280 e. The Morgan fingerprint density at radius 3 is 2.61 bits per heavy atom. The zero-order valence-electron chi connectivity index (χ0n) is 10.5. The maximum absolute atomic E-state index is 14.4. The first-order valence-corrected chi connectivity index (χ1v) is 5.90. The minimum atomic E-state index is -2.89. The Morgan fingerprint density at radius 1 is 1.28 bits per heavy atom. The van der Waals surface area contributed by atoms with Crippen LogP contribution in [0.2, 0.25) is 0 Å². The maximum atomic E-state index is 14.4. The van der Waals surface area contributed by atoms with Gasteiger partial charge in [0.2, 0.25) is 0 Å². The molecule has 0 aromatic heterocycles. The van der Waals surface area contributed by atoms with Crippen LogP contribution >= 0.6 is 0 Å². The Hall–Kier alpha value is -1.36. The summed E-state index contributed by atoms with van der Waals surface area (Å²) in [6.45, 7) is 0.973. The molecule has 3 nitrogen and oxygen atoms in total. The van der Waals surface area contributed by atoms with Gasteiger partial charge >= 0.3 is 0 Å². The minimum absolute atomic E-state index is 0.0699. The van der Waals surface area contributed by atoms with Gasteiger partial charge in [-0.1, -0.05) is 0 Å². The SMILES string of the molecule is COc1ccc(C(F)(F)C2CCNC2)c(OC)c1. The van der Waals surface area contributed by atoms with Crippen molar-refractivity contribution in [2.75, 3.05) is 27.3 Å². The van der Waals surface area contributed by atoms with Crippen LogP contribution in [0, 0.1) is 5.92 Å². The van der Waals surface area contributed by atoms with Crippen molar-refractivity contribution in [3.8, 4) is 11.5 Å². The lowest BCUT2D eigenvalue weighted by atomic mass is 9.93. The second-order valence-corrected chi connectivity index (χ2v) is 4.38. The molecule has 1 atom stereocenters. The van der Waals surface area contributed by atoms with Gasteiger partial charge < -0.3 is 14.8 Å². The highest BCUT2D eigenvalue weighted by Gasteiger charge is 2.44. The van der Waals surface area contributed by atoms with Crippen LogP contribution in [0.25, 0.3) is 0 Å². The van der Waals surface area contributed by atoms with Crippen molar-refractivity contribution < 1.29 is 18.3 Å². The number of ether oxygens (including phenoxy) is 2. The van der Waals surface area contributed by atoms with Crippen molar-refractivity contribution in [3.05, 3.63) is 23.8 Å². The number of hydrogen-bond acceptors (Lipinski definition) is 3. The van der Waals surface area contributed by atoms with Crippen molar-refractivity contribution in [2.24, 2.45) is 5.92 Å². The fourth-order valence-corrected chi connectivity index (χ4v) is 2.26. The first-order chi connectivity index (χ1) is 8.59. The smallest absolute Gasteiger partial charge is 0.280 e. The normalized spacial score (nSPS) is 19.9. The Balaban J connectivity index is 2.36. The number of methoxy groups -OCH3 is 2. The fourth-order valence-electron chi connectivity index (χ4n) is 2.26. The van der Waals surface area contributed by atoms with Crippen molar-refractivity contribution in [3.63, 3.8) is 0 Å². The van der Waals surface area contributed by atoms with E-state index in [1.54, 1.807) is 0 Å². The van der Waals surface area contributed by atoms with E-state index in [0.717, 1.165) is 0 Å². The molecule has 1 heterocycles. The van der Waals surface area contributed by atoms with Gasteiger partial charge in [-0.05, 0) is 25.1 Å². The van der Waals surface area contributed by atoms with E-state index in [4.69, 9.17) is 9.47 Å². The zero-order valence-corrected chi connectivity index (χ0v) is 10.5. The number of rotatable bonds is 4. The van der Waals surface area contributed by atoms with Crippen LogP contribution in [0.1, 0.15) is 12.0 Å². The van der Waals surface area contributed by atoms with Crippen LogP contribution in [0.5, 0.6) is 11.5 Å². The Bertz CT molecular complexity index is 417. The highest BCUT2D eigenvalue weighted by atomic mass is 19.3. The number of alkyl halides is 2. The molecule has 0 radical (unpaired) electrons. The molecule has 100 valence electrons. The van der Waals surface area contributed by atoms with Crippen molar-refractivity contribution in [1.29, 1.82) is 0 Å². The number of hydrogen-bond donors (Lipinski definition) is 1. The van der Waals surface area contributed by atoms with E-state index in [1.165, 1.54) is 32.4 Å². The van der Waals surface area contributed by atoms with Crippen LogP contribution in [0.3, 0.4) is 0 Å². The monoisotopic (exact) mass is 257 g/mol. The average molecular weight is 257 g/mol. The van der Waals surface area contributed by atoms with E-state index in [1.807, 2.05) is 0 Å². The summed E-state index contributed by atoms with van der Waals surface area (Å²) in [6.07, 6.45) is 0.474. The van der Waals surface area contributed by atoms with Crippen LogP contribution in [0.4, 0.5) is 8.78 Å². The molecule has 1 fully saturated rings. The summed E-state index contributed by atoms with van der Waals surface area (Å²) in [5, 5.41) is 2.96. The predicted molar refractivity (Wildman–Crippen MR) is 64.4 cm³/mol. The van der Waals surface area contributed by atoms with E-state index in [-0.39, 0.29) is 11.3 Å². The van der Waals surface area contributed by atoms with E-state index >= 15 is 0 Å². The predicted octanol–water partition coefficient (Wildman–Crippen LogP) is 2.41. The molecule has 2 rings (SSSR count). The topological polar surface area (TPSA) is 30.5 Å². The molecule has 0 aliphatic carbocycles. The molecule has 1 unspecified atom stereocenters. The number of halogens is 2. The van der Waals surface area contributed by atoms with Crippen LogP contribution in [-0.2, 0) is 5.92 Å². The van der Waals surface area contributed by atoms with Crippen LogP contribution < -0.4 is 14.8 Å². The van der Waals surface area contributed by atoms with Crippen molar-refractivity contribution in [2.45, 2.75) is 12.3 Å². The molecule has 18 heavy (non-hydrogen) atoms. The zero-order chi connectivity index (χ0) is 13.2. The lowest BCUT2D eigenvalue weighted by molar-refractivity contribution is -0.0592. The summed E-state index contributed by atoms with van der Waals surface area (Å²) in [5.74, 6) is -2.89. The third-order valence-corrected chi connectivity index (χ3v) is 3.34. The third-order valence-electron chi connectivity index (χ3n) is 3.34. The largest absolute Gasteiger partial charge is 0.497 e. The molecule has 0 saturated carbocycles. The Morgan fingerprint density at radius 2 is 2.06 bits per heavy atom. The van der Waals surface area contributed by atoms with Crippen molar-refractivity contribution in [1.82, 2.24) is 5.32 Å². The van der Waals surface area contributed by atoms with Gasteiger partial charge in [-0.15, -0.1) is 0 Å². The van der Waals surface area contributed by atoms with E-state index in [9.17, 15) is 8.78 Å². The summed E-state index contributed by atoms with van der Waals surface area (Å²) in [4.78, 5) is 0. The first kappa shape index (κ1) is 13.1. The van der Waals surface area contributed by atoms with E-state index in [0.29, 0.717) is 25.3 Å². The summed E-state index contributed by atoms with van der Waals surface area (Å²) in [7, 11) is 2.88. The highest BCUT2D eigenvalue weighted by Crippen LogP contribution is 2.44. The molecule has 0 amide bonds. The molecule has 1 aliphatic rings. The second-order valence-electron chi connectivity index (χ2n) is 4.38. The molecule has 5 heteroatoms. The second kappa shape index (κ2) is 5.10. The number of benzene rings is 1. The molecule has 0 spiro atoms. The summed E-state index contributed by atoms with van der Waals surface area (Å²) >= 11 is 0. The van der Waals surface area contributed by atoms with Gasteiger partial charge in [-0.3, -0.25) is 0 Å². The highest BCUT2D eigenvalue weighted by molar-refractivity contribution is 5.43. The quantitative estimate of drug-likeness (QED) is 0.898. The summed E-state index contributed by atoms with van der Waals surface area (Å²) in [5.41, 5.74) is -0.0699. The van der Waals surface area contributed by atoms with Crippen LogP contribution in [0.15, 0.2) is 18.2 Å². The lowest BCUT2D eigenvalue weighted by Gasteiger charge is -2.24. The lowest BCUT2D eigenvalue weighted by Crippen LogP contribution is -2.28. The molecule has 0 bridgehead atoms. The van der Waals surface area contributed by atoms with Gasteiger partial charge in [0.1, 0.15) is 11.5 Å². The van der Waals surface area contributed by atoms with Gasteiger partial charge in [-0.25, -0.2) is 8.78 Å². The Labute approximate surface area is 105 Å². The van der Waals surface area contributed by atoms with E-state index in [2.05, 4.69) is 5.32 Å². The fraction of sp³-hybridized carbons (Fsp3) is 0.538. The van der Waals surface area contributed by atoms with Gasteiger partial charge in [0.25, 0.3) is 5.92 Å². The average Bonchev–Trinajstić information content (AvgIpc) is 2.92. The molecule has 1 aromatic rings. The molecule has 1 aromatic carbocycles. The van der Waals surface area contributed by atoms with Gasteiger partial charge in [0.15, 0.2) is 0 Å². The van der Waals surface area contributed by atoms with Gasteiger partial charge in [0, 0.05) is 18.5 Å². The van der Waals surface area contributed by atoms with Crippen LogP contribution in [-0.4, -0.2) is 27.3 Å².